The lowest BCUT2D eigenvalue weighted by molar-refractivity contribution is 0.0508. The summed E-state index contributed by atoms with van der Waals surface area (Å²) in [7, 11) is 0. The Bertz CT molecular complexity index is 604. The van der Waals surface area contributed by atoms with Gasteiger partial charge in [-0.15, -0.1) is 0 Å². The molecule has 0 spiro atoms. The number of rotatable bonds is 3. The van der Waals surface area contributed by atoms with Gasteiger partial charge in [0.1, 0.15) is 0 Å². The van der Waals surface area contributed by atoms with Crippen LogP contribution >= 0.6 is 0 Å². The number of ether oxygens (including phenoxy) is 1. The minimum absolute atomic E-state index is 0.114. The Labute approximate surface area is 105 Å². The van der Waals surface area contributed by atoms with Gasteiger partial charge in [-0.2, -0.15) is 4.98 Å². The van der Waals surface area contributed by atoms with E-state index in [2.05, 4.69) is 19.4 Å². The number of hydrogen-bond acceptors (Lipinski definition) is 5. The Morgan fingerprint density at radius 3 is 2.53 bits per heavy atom. The molecule has 0 N–H and O–H groups in total. The zero-order valence-electron chi connectivity index (χ0n) is 9.61. The van der Waals surface area contributed by atoms with Crippen molar-refractivity contribution in [2.24, 2.45) is 0 Å². The molecular formula is C11H7F3N2O3. The fourth-order valence-electron chi connectivity index (χ4n) is 1.30. The van der Waals surface area contributed by atoms with Gasteiger partial charge in [0.25, 0.3) is 11.7 Å². The standard InChI is InChI=1S/C11H7F3N2O3/c1-2-18-11(17)9-15-10(19-16-9)5-3-6(12)8(14)7(13)4-5/h3-4H,2H2,1H3. The van der Waals surface area contributed by atoms with Crippen molar-refractivity contribution >= 4 is 5.97 Å². The van der Waals surface area contributed by atoms with Gasteiger partial charge in [0.15, 0.2) is 17.5 Å². The molecule has 0 unspecified atom stereocenters. The molecule has 0 atom stereocenters. The third-order valence-electron chi connectivity index (χ3n) is 2.11. The lowest BCUT2D eigenvalue weighted by atomic mass is 10.2. The van der Waals surface area contributed by atoms with Crippen molar-refractivity contribution in [3.05, 3.63) is 35.4 Å². The maximum atomic E-state index is 13.0. The van der Waals surface area contributed by atoms with Crippen molar-refractivity contribution in [1.82, 2.24) is 10.1 Å². The normalized spacial score (nSPS) is 10.5. The van der Waals surface area contributed by atoms with E-state index in [0.29, 0.717) is 12.1 Å². The summed E-state index contributed by atoms with van der Waals surface area (Å²) >= 11 is 0. The Kier molecular flexibility index (Phi) is 3.50. The van der Waals surface area contributed by atoms with Crippen molar-refractivity contribution in [1.29, 1.82) is 0 Å². The summed E-state index contributed by atoms with van der Waals surface area (Å²) < 4.78 is 48.1. The van der Waals surface area contributed by atoms with Crippen LogP contribution in [0.3, 0.4) is 0 Å². The third-order valence-corrected chi connectivity index (χ3v) is 2.11. The van der Waals surface area contributed by atoms with Crippen LogP contribution < -0.4 is 0 Å². The van der Waals surface area contributed by atoms with Crippen LogP contribution in [0.2, 0.25) is 0 Å². The zero-order chi connectivity index (χ0) is 14.0. The van der Waals surface area contributed by atoms with Crippen molar-refractivity contribution < 1.29 is 27.2 Å². The summed E-state index contributed by atoms with van der Waals surface area (Å²) in [4.78, 5) is 14.9. The third kappa shape index (κ3) is 2.56. The Morgan fingerprint density at radius 2 is 1.95 bits per heavy atom. The Balaban J connectivity index is 2.35. The number of esters is 1. The molecule has 5 nitrogen and oxygen atoms in total. The van der Waals surface area contributed by atoms with Gasteiger partial charge >= 0.3 is 5.97 Å². The number of halogens is 3. The van der Waals surface area contributed by atoms with Crippen molar-refractivity contribution in [2.45, 2.75) is 6.92 Å². The van der Waals surface area contributed by atoms with E-state index in [9.17, 15) is 18.0 Å². The molecule has 2 aromatic rings. The minimum atomic E-state index is -1.60. The molecule has 0 radical (unpaired) electrons. The Morgan fingerprint density at radius 1 is 1.32 bits per heavy atom. The number of carbonyl (C=O) groups is 1. The molecule has 0 aliphatic heterocycles. The molecule has 8 heteroatoms. The molecule has 1 aromatic carbocycles. The highest BCUT2D eigenvalue weighted by atomic mass is 19.2. The topological polar surface area (TPSA) is 65.2 Å². The fourth-order valence-corrected chi connectivity index (χ4v) is 1.30. The summed E-state index contributed by atoms with van der Waals surface area (Å²) in [5.74, 6) is -5.94. The highest BCUT2D eigenvalue weighted by Gasteiger charge is 2.19. The molecule has 100 valence electrons. The second-order valence-electron chi connectivity index (χ2n) is 3.40. The molecule has 0 fully saturated rings. The molecule has 1 aromatic heterocycles. The van der Waals surface area contributed by atoms with Crippen LogP contribution in [0.15, 0.2) is 16.7 Å². The lowest BCUT2D eigenvalue weighted by Crippen LogP contribution is -2.06. The minimum Gasteiger partial charge on any atom is -0.460 e. The van der Waals surface area contributed by atoms with Crippen LogP contribution in [0.25, 0.3) is 11.5 Å². The van der Waals surface area contributed by atoms with E-state index in [1.54, 1.807) is 6.92 Å². The largest absolute Gasteiger partial charge is 0.460 e. The molecule has 0 saturated carbocycles. The summed E-state index contributed by atoms with van der Waals surface area (Å²) in [6, 6.07) is 1.36. The van der Waals surface area contributed by atoms with Gasteiger partial charge < -0.3 is 9.26 Å². The average molecular weight is 272 g/mol. The first-order chi connectivity index (χ1) is 9.02. The van der Waals surface area contributed by atoms with Gasteiger partial charge in [0, 0.05) is 5.56 Å². The predicted octanol–water partition coefficient (Wildman–Crippen LogP) is 2.33. The first-order valence-electron chi connectivity index (χ1n) is 5.18. The number of carbonyl (C=O) groups excluding carboxylic acids is 1. The van der Waals surface area contributed by atoms with E-state index in [1.165, 1.54) is 0 Å². The average Bonchev–Trinajstić information content (AvgIpc) is 2.85. The molecule has 2 rings (SSSR count). The van der Waals surface area contributed by atoms with E-state index < -0.39 is 23.4 Å². The fraction of sp³-hybridized carbons (Fsp3) is 0.182. The number of benzene rings is 1. The summed E-state index contributed by atoms with van der Waals surface area (Å²) in [6.45, 7) is 1.70. The van der Waals surface area contributed by atoms with Crippen LogP contribution in [0.1, 0.15) is 17.5 Å². The van der Waals surface area contributed by atoms with Crippen LogP contribution in [0.5, 0.6) is 0 Å². The second kappa shape index (κ2) is 5.09. The van der Waals surface area contributed by atoms with Gasteiger partial charge in [0.2, 0.25) is 0 Å². The van der Waals surface area contributed by atoms with Gasteiger partial charge in [0.05, 0.1) is 6.61 Å². The number of nitrogens with zero attached hydrogens (tertiary/aromatic N) is 2. The van der Waals surface area contributed by atoms with Crippen LogP contribution in [-0.2, 0) is 4.74 Å². The highest BCUT2D eigenvalue weighted by Crippen LogP contribution is 2.22. The molecule has 0 aliphatic carbocycles. The maximum Gasteiger partial charge on any atom is 0.379 e. The number of hydrogen-bond donors (Lipinski definition) is 0. The summed E-state index contributed by atoms with van der Waals surface area (Å²) in [5, 5.41) is 3.29. The predicted molar refractivity (Wildman–Crippen MR) is 55.6 cm³/mol. The highest BCUT2D eigenvalue weighted by molar-refractivity contribution is 5.85. The van der Waals surface area contributed by atoms with E-state index in [1.807, 2.05) is 0 Å². The molecular weight excluding hydrogens is 265 g/mol. The van der Waals surface area contributed by atoms with Crippen LogP contribution in [0, 0.1) is 17.5 Å². The Hall–Kier alpha value is -2.38. The molecule has 0 bridgehead atoms. The van der Waals surface area contributed by atoms with Crippen molar-refractivity contribution in [3.63, 3.8) is 0 Å². The van der Waals surface area contributed by atoms with Crippen LogP contribution in [-0.4, -0.2) is 22.7 Å². The van der Waals surface area contributed by atoms with E-state index in [0.717, 1.165) is 0 Å². The first kappa shape index (κ1) is 13.1. The van der Waals surface area contributed by atoms with E-state index in [-0.39, 0.29) is 23.9 Å². The summed E-state index contributed by atoms with van der Waals surface area (Å²) in [6.07, 6.45) is 0. The van der Waals surface area contributed by atoms with Crippen molar-refractivity contribution in [2.75, 3.05) is 6.61 Å². The van der Waals surface area contributed by atoms with Crippen molar-refractivity contribution in [3.8, 4) is 11.5 Å². The monoisotopic (exact) mass is 272 g/mol. The lowest BCUT2D eigenvalue weighted by Gasteiger charge is -1.98. The second-order valence-corrected chi connectivity index (χ2v) is 3.40. The quantitative estimate of drug-likeness (QED) is 0.633. The number of aromatic nitrogens is 2. The smallest absolute Gasteiger partial charge is 0.379 e. The summed E-state index contributed by atoms with van der Waals surface area (Å²) in [5.41, 5.74) is -0.181. The molecule has 19 heavy (non-hydrogen) atoms. The molecule has 1 heterocycles. The SMILES string of the molecule is CCOC(=O)c1noc(-c2cc(F)c(F)c(F)c2)n1. The van der Waals surface area contributed by atoms with E-state index >= 15 is 0 Å². The van der Waals surface area contributed by atoms with E-state index in [4.69, 9.17) is 0 Å². The zero-order valence-corrected chi connectivity index (χ0v) is 9.61. The molecule has 0 saturated heterocycles. The maximum absolute atomic E-state index is 13.0. The van der Waals surface area contributed by atoms with Gasteiger partial charge in [-0.3, -0.25) is 0 Å². The molecule has 0 amide bonds. The molecule has 0 aliphatic rings. The van der Waals surface area contributed by atoms with Gasteiger partial charge in [-0.05, 0) is 24.2 Å². The van der Waals surface area contributed by atoms with Crippen LogP contribution in [0.4, 0.5) is 13.2 Å². The first-order valence-corrected chi connectivity index (χ1v) is 5.18. The van der Waals surface area contributed by atoms with Gasteiger partial charge in [-0.25, -0.2) is 18.0 Å². The van der Waals surface area contributed by atoms with Gasteiger partial charge in [-0.1, -0.05) is 0 Å².